The van der Waals surface area contributed by atoms with Gasteiger partial charge >= 0.3 is 0 Å². The van der Waals surface area contributed by atoms with Crippen LogP contribution in [0.15, 0.2) is 24.8 Å². The van der Waals surface area contributed by atoms with Gasteiger partial charge in [0.25, 0.3) is 0 Å². The van der Waals surface area contributed by atoms with Crippen molar-refractivity contribution in [2.24, 2.45) is 0 Å². The van der Waals surface area contributed by atoms with E-state index in [4.69, 9.17) is 0 Å². The van der Waals surface area contributed by atoms with Crippen molar-refractivity contribution in [2.45, 2.75) is 18.9 Å². The van der Waals surface area contributed by atoms with Crippen LogP contribution in [0.3, 0.4) is 0 Å². The lowest BCUT2D eigenvalue weighted by Gasteiger charge is -2.22. The maximum absolute atomic E-state index is 4.22. The molecule has 1 fully saturated rings. The fourth-order valence-corrected chi connectivity index (χ4v) is 2.08. The molecule has 6 nitrogen and oxygen atoms in total. The zero-order valence-electron chi connectivity index (χ0n) is 9.45. The molecule has 0 spiro atoms. The third kappa shape index (κ3) is 2.16. The first kappa shape index (κ1) is 10.3. The first-order chi connectivity index (χ1) is 8.43. The number of nitrogens with zero attached hydrogens (tertiary/aromatic N) is 5. The van der Waals surface area contributed by atoms with E-state index in [1.807, 2.05) is 10.9 Å². The van der Waals surface area contributed by atoms with Gasteiger partial charge in [-0.2, -0.15) is 0 Å². The number of aromatic nitrogens is 5. The van der Waals surface area contributed by atoms with Crippen molar-refractivity contribution in [1.82, 2.24) is 30.3 Å². The molecule has 0 saturated carbocycles. The van der Waals surface area contributed by atoms with Gasteiger partial charge < -0.3 is 5.32 Å². The van der Waals surface area contributed by atoms with E-state index < -0.39 is 0 Å². The van der Waals surface area contributed by atoms with Gasteiger partial charge in [-0.1, -0.05) is 5.21 Å². The molecule has 6 heteroatoms. The lowest BCUT2D eigenvalue weighted by atomic mass is 10.1. The van der Waals surface area contributed by atoms with Crippen LogP contribution < -0.4 is 5.32 Å². The summed E-state index contributed by atoms with van der Waals surface area (Å²) in [6.07, 6.45) is 9.18. The summed E-state index contributed by atoms with van der Waals surface area (Å²) in [6, 6.07) is 0.453. The lowest BCUT2D eigenvalue weighted by molar-refractivity contribution is 0.337. The molecule has 1 N–H and O–H groups in total. The zero-order chi connectivity index (χ0) is 11.5. The standard InChI is InChI=1S/C11H14N6/c1-3-12-4-2-9(1)17-8-11(15-16-17)10-7-13-5-6-14-10/h5-9,12H,1-4H2. The van der Waals surface area contributed by atoms with E-state index in [2.05, 4.69) is 25.6 Å². The van der Waals surface area contributed by atoms with Gasteiger partial charge in [0, 0.05) is 12.4 Å². The van der Waals surface area contributed by atoms with Gasteiger partial charge in [-0.3, -0.25) is 9.97 Å². The average molecular weight is 230 g/mol. The van der Waals surface area contributed by atoms with Crippen molar-refractivity contribution in [3.05, 3.63) is 24.8 Å². The molecule has 2 aromatic rings. The third-order valence-corrected chi connectivity index (χ3v) is 3.02. The monoisotopic (exact) mass is 230 g/mol. The summed E-state index contributed by atoms with van der Waals surface area (Å²) in [5.41, 5.74) is 1.56. The largest absolute Gasteiger partial charge is 0.317 e. The van der Waals surface area contributed by atoms with Crippen LogP contribution in [0.5, 0.6) is 0 Å². The van der Waals surface area contributed by atoms with Crippen LogP contribution in [0.2, 0.25) is 0 Å². The fourth-order valence-electron chi connectivity index (χ4n) is 2.08. The summed E-state index contributed by atoms with van der Waals surface area (Å²) < 4.78 is 1.95. The van der Waals surface area contributed by atoms with Crippen LogP contribution in [0.4, 0.5) is 0 Å². The fraction of sp³-hybridized carbons (Fsp3) is 0.455. The van der Waals surface area contributed by atoms with Crippen LogP contribution >= 0.6 is 0 Å². The Morgan fingerprint density at radius 3 is 2.82 bits per heavy atom. The van der Waals surface area contributed by atoms with Gasteiger partial charge in [-0.25, -0.2) is 4.68 Å². The molecule has 2 aromatic heterocycles. The van der Waals surface area contributed by atoms with Gasteiger partial charge in [-0.15, -0.1) is 5.10 Å². The predicted molar refractivity (Wildman–Crippen MR) is 62.2 cm³/mol. The topological polar surface area (TPSA) is 68.5 Å². The van der Waals surface area contributed by atoms with Crippen molar-refractivity contribution in [3.63, 3.8) is 0 Å². The van der Waals surface area contributed by atoms with Gasteiger partial charge in [0.05, 0.1) is 18.4 Å². The molecule has 0 aliphatic carbocycles. The van der Waals surface area contributed by atoms with E-state index in [1.54, 1.807) is 18.6 Å². The maximum Gasteiger partial charge on any atom is 0.133 e. The van der Waals surface area contributed by atoms with E-state index in [0.29, 0.717) is 6.04 Å². The van der Waals surface area contributed by atoms with E-state index in [-0.39, 0.29) is 0 Å². The normalized spacial score (nSPS) is 17.2. The molecule has 3 heterocycles. The number of hydrogen-bond donors (Lipinski definition) is 1. The van der Waals surface area contributed by atoms with Gasteiger partial charge in [0.1, 0.15) is 11.4 Å². The third-order valence-electron chi connectivity index (χ3n) is 3.02. The molecule has 0 bridgehead atoms. The van der Waals surface area contributed by atoms with Crippen LogP contribution in [0.1, 0.15) is 18.9 Å². The lowest BCUT2D eigenvalue weighted by Crippen LogP contribution is -2.29. The zero-order valence-corrected chi connectivity index (χ0v) is 9.45. The second-order valence-electron chi connectivity index (χ2n) is 4.16. The number of hydrogen-bond acceptors (Lipinski definition) is 5. The Labute approximate surface area is 99.1 Å². The summed E-state index contributed by atoms with van der Waals surface area (Å²) in [4.78, 5) is 8.25. The minimum Gasteiger partial charge on any atom is -0.317 e. The Morgan fingerprint density at radius 2 is 2.06 bits per heavy atom. The molecule has 0 radical (unpaired) electrons. The highest BCUT2D eigenvalue weighted by Crippen LogP contribution is 2.19. The molecule has 0 amide bonds. The van der Waals surface area contributed by atoms with Crippen LogP contribution in [-0.4, -0.2) is 38.1 Å². The molecular weight excluding hydrogens is 216 g/mol. The molecule has 17 heavy (non-hydrogen) atoms. The van der Waals surface area contributed by atoms with Crippen molar-refractivity contribution in [2.75, 3.05) is 13.1 Å². The highest BCUT2D eigenvalue weighted by molar-refractivity contribution is 5.49. The summed E-state index contributed by atoms with van der Waals surface area (Å²) in [5.74, 6) is 0. The van der Waals surface area contributed by atoms with E-state index >= 15 is 0 Å². The minimum atomic E-state index is 0.453. The molecule has 1 aliphatic heterocycles. The first-order valence-electron chi connectivity index (χ1n) is 5.82. The highest BCUT2D eigenvalue weighted by atomic mass is 15.4. The molecule has 3 rings (SSSR count). The number of rotatable bonds is 2. The van der Waals surface area contributed by atoms with Crippen molar-refractivity contribution >= 4 is 0 Å². The quantitative estimate of drug-likeness (QED) is 0.820. The van der Waals surface area contributed by atoms with Gasteiger partial charge in [-0.05, 0) is 25.9 Å². The Kier molecular flexibility index (Phi) is 2.79. The number of piperidine rings is 1. The molecule has 0 aromatic carbocycles. The van der Waals surface area contributed by atoms with Crippen LogP contribution in [-0.2, 0) is 0 Å². The first-order valence-corrected chi connectivity index (χ1v) is 5.82. The molecular formula is C11H14N6. The van der Waals surface area contributed by atoms with Crippen LogP contribution in [0, 0.1) is 0 Å². The van der Waals surface area contributed by atoms with Crippen molar-refractivity contribution in [3.8, 4) is 11.4 Å². The Bertz CT molecular complexity index is 474. The summed E-state index contributed by atoms with van der Waals surface area (Å²) in [5, 5.41) is 11.7. The van der Waals surface area contributed by atoms with Crippen molar-refractivity contribution in [1.29, 1.82) is 0 Å². The van der Waals surface area contributed by atoms with Crippen LogP contribution in [0.25, 0.3) is 11.4 Å². The maximum atomic E-state index is 4.22. The Hall–Kier alpha value is -1.82. The van der Waals surface area contributed by atoms with Crippen molar-refractivity contribution < 1.29 is 0 Å². The SMILES string of the molecule is c1cnc(-c2cn(C3CCNCC3)nn2)cn1. The summed E-state index contributed by atoms with van der Waals surface area (Å²) in [6.45, 7) is 2.09. The minimum absolute atomic E-state index is 0.453. The summed E-state index contributed by atoms with van der Waals surface area (Å²) in [7, 11) is 0. The van der Waals surface area contributed by atoms with Gasteiger partial charge in [0.2, 0.25) is 0 Å². The predicted octanol–water partition coefficient (Wildman–Crippen LogP) is 0.660. The Morgan fingerprint density at radius 1 is 1.18 bits per heavy atom. The summed E-state index contributed by atoms with van der Waals surface area (Å²) >= 11 is 0. The average Bonchev–Trinajstić information content (AvgIpc) is 2.90. The number of nitrogens with one attached hydrogen (secondary N) is 1. The van der Waals surface area contributed by atoms with E-state index in [1.165, 1.54) is 0 Å². The molecule has 1 saturated heterocycles. The molecule has 0 unspecified atom stereocenters. The molecule has 88 valence electrons. The highest BCUT2D eigenvalue weighted by Gasteiger charge is 2.16. The second kappa shape index (κ2) is 4.58. The van der Waals surface area contributed by atoms with E-state index in [9.17, 15) is 0 Å². The Balaban J connectivity index is 1.83. The molecule has 1 aliphatic rings. The molecule has 0 atom stereocenters. The second-order valence-corrected chi connectivity index (χ2v) is 4.16. The van der Waals surface area contributed by atoms with E-state index in [0.717, 1.165) is 37.3 Å². The van der Waals surface area contributed by atoms with Gasteiger partial charge in [0.15, 0.2) is 0 Å². The smallest absolute Gasteiger partial charge is 0.133 e.